The second-order valence-electron chi connectivity index (χ2n) is 3.18. The zero-order valence-corrected chi connectivity index (χ0v) is 8.71. The van der Waals surface area contributed by atoms with Crippen molar-refractivity contribution >= 4 is 17.4 Å². The molecular formula is C9H13N3O2. The first-order valence-corrected chi connectivity index (χ1v) is 4.25. The number of aryl methyl sites for hydroxylation is 2. The van der Waals surface area contributed by atoms with E-state index in [0.717, 1.165) is 5.69 Å². The summed E-state index contributed by atoms with van der Waals surface area (Å²) in [7, 11) is 1.78. The zero-order chi connectivity index (χ0) is 10.9. The van der Waals surface area contributed by atoms with Crippen LogP contribution in [-0.4, -0.2) is 21.5 Å². The van der Waals surface area contributed by atoms with Gasteiger partial charge in [0.1, 0.15) is 0 Å². The van der Waals surface area contributed by atoms with Gasteiger partial charge in [-0.2, -0.15) is 5.10 Å². The zero-order valence-electron chi connectivity index (χ0n) is 8.71. The third kappa shape index (κ3) is 1.81. The topological polar surface area (TPSA) is 64.0 Å². The largest absolute Gasteiger partial charge is 0.316 e. The van der Waals surface area contributed by atoms with Gasteiger partial charge in [-0.15, -0.1) is 0 Å². The molecular weight excluding hydrogens is 182 g/mol. The van der Waals surface area contributed by atoms with Crippen LogP contribution in [0, 0.1) is 13.8 Å². The van der Waals surface area contributed by atoms with Crippen molar-refractivity contribution < 1.29 is 9.59 Å². The highest BCUT2D eigenvalue weighted by Crippen LogP contribution is 2.17. The standard InChI is InChI=1S/C9H13N3O2/c1-5-8(6(2)12(4)11-5)10-9(14)7(3)13/h1-4H3,(H,10,14). The van der Waals surface area contributed by atoms with E-state index in [-0.39, 0.29) is 0 Å². The summed E-state index contributed by atoms with van der Waals surface area (Å²) >= 11 is 0. The number of aromatic nitrogens is 2. The predicted molar refractivity (Wildman–Crippen MR) is 52.0 cm³/mol. The lowest BCUT2D eigenvalue weighted by atomic mass is 10.3. The van der Waals surface area contributed by atoms with Gasteiger partial charge in [0.05, 0.1) is 17.1 Å². The Kier molecular flexibility index (Phi) is 2.69. The van der Waals surface area contributed by atoms with Crippen LogP contribution in [-0.2, 0) is 16.6 Å². The number of nitrogens with zero attached hydrogens (tertiary/aromatic N) is 2. The normalized spacial score (nSPS) is 10.0. The Balaban J connectivity index is 2.97. The number of Topliss-reactive ketones (excluding diaryl/α,β-unsaturated/α-hetero) is 1. The minimum absolute atomic E-state index is 0.507. The third-order valence-corrected chi connectivity index (χ3v) is 2.07. The summed E-state index contributed by atoms with van der Waals surface area (Å²) in [6.07, 6.45) is 0. The molecule has 0 aromatic carbocycles. The quantitative estimate of drug-likeness (QED) is 0.701. The van der Waals surface area contributed by atoms with E-state index >= 15 is 0 Å². The van der Waals surface area contributed by atoms with Gasteiger partial charge in [0.15, 0.2) is 0 Å². The van der Waals surface area contributed by atoms with Crippen molar-refractivity contribution in [3.05, 3.63) is 11.4 Å². The van der Waals surface area contributed by atoms with Crippen LogP contribution < -0.4 is 5.32 Å². The number of carbonyl (C=O) groups excluding carboxylic acids is 2. The minimum atomic E-state index is -0.607. The fourth-order valence-electron chi connectivity index (χ4n) is 1.16. The van der Waals surface area contributed by atoms with Gasteiger partial charge in [0.2, 0.25) is 5.78 Å². The first kappa shape index (κ1) is 10.4. The molecule has 1 amide bonds. The number of nitrogens with one attached hydrogen (secondary N) is 1. The molecule has 1 N–H and O–H groups in total. The minimum Gasteiger partial charge on any atom is -0.316 e. The summed E-state index contributed by atoms with van der Waals surface area (Å²) in [4.78, 5) is 21.9. The monoisotopic (exact) mass is 195 g/mol. The molecule has 14 heavy (non-hydrogen) atoms. The highest BCUT2D eigenvalue weighted by molar-refractivity contribution is 6.39. The average Bonchev–Trinajstić information content (AvgIpc) is 2.32. The van der Waals surface area contributed by atoms with E-state index in [4.69, 9.17) is 0 Å². The van der Waals surface area contributed by atoms with Crippen LogP contribution in [0.2, 0.25) is 0 Å². The van der Waals surface area contributed by atoms with E-state index in [9.17, 15) is 9.59 Å². The van der Waals surface area contributed by atoms with Crippen LogP contribution >= 0.6 is 0 Å². The van der Waals surface area contributed by atoms with Gasteiger partial charge in [0.25, 0.3) is 5.91 Å². The number of anilines is 1. The number of carbonyl (C=O) groups is 2. The van der Waals surface area contributed by atoms with E-state index in [0.29, 0.717) is 11.4 Å². The second kappa shape index (κ2) is 3.61. The van der Waals surface area contributed by atoms with Gasteiger partial charge in [-0.1, -0.05) is 0 Å². The summed E-state index contributed by atoms with van der Waals surface area (Å²) in [6, 6.07) is 0. The molecule has 0 saturated heterocycles. The van der Waals surface area contributed by atoms with E-state index in [1.54, 1.807) is 18.7 Å². The molecule has 0 spiro atoms. The maximum atomic E-state index is 11.1. The molecule has 1 heterocycles. The van der Waals surface area contributed by atoms with Gasteiger partial charge in [0, 0.05) is 14.0 Å². The van der Waals surface area contributed by atoms with Crippen LogP contribution in [0.1, 0.15) is 18.3 Å². The van der Waals surface area contributed by atoms with Gasteiger partial charge < -0.3 is 5.32 Å². The number of hydrogen-bond acceptors (Lipinski definition) is 3. The Labute approximate surface area is 82.1 Å². The molecule has 0 saturated carbocycles. The second-order valence-corrected chi connectivity index (χ2v) is 3.18. The summed E-state index contributed by atoms with van der Waals surface area (Å²) in [5.41, 5.74) is 2.16. The van der Waals surface area contributed by atoms with Crippen molar-refractivity contribution in [1.82, 2.24) is 9.78 Å². The molecule has 0 aliphatic heterocycles. The Morgan fingerprint density at radius 1 is 1.36 bits per heavy atom. The highest BCUT2D eigenvalue weighted by Gasteiger charge is 2.14. The van der Waals surface area contributed by atoms with Crippen LogP contribution in [0.5, 0.6) is 0 Å². The Hall–Kier alpha value is -1.65. The number of amides is 1. The summed E-state index contributed by atoms with van der Waals surface area (Å²) in [5, 5.41) is 6.64. The molecule has 1 rings (SSSR count). The van der Waals surface area contributed by atoms with Gasteiger partial charge in [-0.05, 0) is 13.8 Å². The molecule has 5 heteroatoms. The van der Waals surface area contributed by atoms with Crippen molar-refractivity contribution in [3.8, 4) is 0 Å². The van der Waals surface area contributed by atoms with Crippen molar-refractivity contribution in [2.24, 2.45) is 7.05 Å². The Bertz CT molecular complexity index is 393. The first-order chi connectivity index (χ1) is 6.43. The van der Waals surface area contributed by atoms with E-state index in [1.165, 1.54) is 6.92 Å². The third-order valence-electron chi connectivity index (χ3n) is 2.07. The van der Waals surface area contributed by atoms with E-state index in [1.807, 2.05) is 6.92 Å². The molecule has 0 bridgehead atoms. The molecule has 0 fully saturated rings. The summed E-state index contributed by atoms with van der Waals surface area (Å²) in [6.45, 7) is 4.84. The fourth-order valence-corrected chi connectivity index (χ4v) is 1.16. The molecule has 0 atom stereocenters. The molecule has 0 aliphatic rings. The fraction of sp³-hybridized carbons (Fsp3) is 0.444. The summed E-state index contributed by atoms with van der Waals surface area (Å²) in [5.74, 6) is -1.11. The van der Waals surface area contributed by atoms with Crippen LogP contribution in [0.15, 0.2) is 0 Å². The SMILES string of the molecule is CC(=O)C(=O)Nc1c(C)nn(C)c1C. The lowest BCUT2D eigenvalue weighted by molar-refractivity contribution is -0.133. The Morgan fingerprint density at radius 2 is 1.93 bits per heavy atom. The number of rotatable bonds is 2. The predicted octanol–water partition coefficient (Wildman–Crippen LogP) is 0.564. The van der Waals surface area contributed by atoms with Crippen molar-refractivity contribution in [1.29, 1.82) is 0 Å². The molecule has 0 aliphatic carbocycles. The van der Waals surface area contributed by atoms with Gasteiger partial charge in [-0.3, -0.25) is 14.3 Å². The van der Waals surface area contributed by atoms with E-state index < -0.39 is 11.7 Å². The molecule has 5 nitrogen and oxygen atoms in total. The molecule has 1 aromatic rings. The molecule has 1 aromatic heterocycles. The van der Waals surface area contributed by atoms with Crippen LogP contribution in [0.25, 0.3) is 0 Å². The smallest absolute Gasteiger partial charge is 0.291 e. The lowest BCUT2D eigenvalue weighted by Crippen LogP contribution is -2.20. The van der Waals surface area contributed by atoms with E-state index in [2.05, 4.69) is 10.4 Å². The van der Waals surface area contributed by atoms with Crippen LogP contribution in [0.4, 0.5) is 5.69 Å². The van der Waals surface area contributed by atoms with Crippen molar-refractivity contribution in [2.75, 3.05) is 5.32 Å². The van der Waals surface area contributed by atoms with Crippen LogP contribution in [0.3, 0.4) is 0 Å². The number of ketones is 1. The lowest BCUT2D eigenvalue weighted by Gasteiger charge is -2.02. The maximum absolute atomic E-state index is 11.1. The Morgan fingerprint density at radius 3 is 2.29 bits per heavy atom. The average molecular weight is 195 g/mol. The van der Waals surface area contributed by atoms with Crippen molar-refractivity contribution in [3.63, 3.8) is 0 Å². The molecule has 0 radical (unpaired) electrons. The van der Waals surface area contributed by atoms with Gasteiger partial charge >= 0.3 is 0 Å². The first-order valence-electron chi connectivity index (χ1n) is 4.25. The van der Waals surface area contributed by atoms with Crippen molar-refractivity contribution in [2.45, 2.75) is 20.8 Å². The van der Waals surface area contributed by atoms with Gasteiger partial charge in [-0.25, -0.2) is 0 Å². The molecule has 0 unspecified atom stereocenters. The number of hydrogen-bond donors (Lipinski definition) is 1. The highest BCUT2D eigenvalue weighted by atomic mass is 16.2. The molecule has 76 valence electrons. The maximum Gasteiger partial charge on any atom is 0.291 e. The summed E-state index contributed by atoms with van der Waals surface area (Å²) < 4.78 is 1.66.